The quantitative estimate of drug-likeness (QED) is 0.710. The number of carbonyl (C=O) groups is 1. The van der Waals surface area contributed by atoms with E-state index in [1.807, 2.05) is 18.2 Å². The summed E-state index contributed by atoms with van der Waals surface area (Å²) >= 11 is 0. The number of hydrogen-bond donors (Lipinski definition) is 1. The molecular weight excluding hydrogens is 164 g/mol. The van der Waals surface area contributed by atoms with E-state index in [9.17, 15) is 4.79 Å². The van der Waals surface area contributed by atoms with Gasteiger partial charge in [-0.3, -0.25) is 0 Å². The van der Waals surface area contributed by atoms with E-state index in [0.717, 1.165) is 0 Å². The van der Waals surface area contributed by atoms with Crippen molar-refractivity contribution in [3.05, 3.63) is 60.2 Å². The predicted molar refractivity (Wildman–Crippen MR) is 51.0 cm³/mol. The van der Waals surface area contributed by atoms with Crippen molar-refractivity contribution in [2.75, 3.05) is 0 Å². The van der Waals surface area contributed by atoms with Crippen molar-refractivity contribution in [3.8, 4) is 0 Å². The molecule has 1 aromatic carbocycles. The van der Waals surface area contributed by atoms with E-state index >= 15 is 0 Å². The van der Waals surface area contributed by atoms with Crippen LogP contribution in [0.3, 0.4) is 0 Å². The molecule has 2 nitrogen and oxygen atoms in total. The molecule has 1 N–H and O–H groups in total. The maximum Gasteiger partial charge on any atom is 0.335 e. The highest BCUT2D eigenvalue weighted by molar-refractivity contribution is 5.87. The summed E-state index contributed by atoms with van der Waals surface area (Å²) in [4.78, 5) is 10.6. The Morgan fingerprint density at radius 1 is 0.846 bits per heavy atom. The normalized spacial score (nSPS) is 8.62. The third-order valence-electron chi connectivity index (χ3n) is 1.47. The number of rotatable bonds is 1. The van der Waals surface area contributed by atoms with Gasteiger partial charge in [0.05, 0.1) is 5.56 Å². The van der Waals surface area contributed by atoms with E-state index < -0.39 is 5.97 Å². The Kier molecular flexibility index (Phi) is 3.51. The molecule has 0 radical (unpaired) electrons. The molecule has 0 heterocycles. The highest BCUT2D eigenvalue weighted by atomic mass is 16.4. The summed E-state index contributed by atoms with van der Waals surface area (Å²) in [7, 11) is 0. The molecule has 13 heavy (non-hydrogen) atoms. The highest BCUT2D eigenvalue weighted by Crippen LogP contribution is 1.93. The lowest BCUT2D eigenvalue weighted by atomic mass is 10.2. The predicted octanol–water partition coefficient (Wildman–Crippen LogP) is 2.51. The molecule has 0 aromatic heterocycles. The minimum absolute atomic E-state index is 0.274. The molecule has 0 spiro atoms. The largest absolute Gasteiger partial charge is 0.478 e. The van der Waals surface area contributed by atoms with E-state index in [1.54, 1.807) is 36.4 Å². The van der Waals surface area contributed by atoms with Crippen LogP contribution < -0.4 is 0 Å². The minimum Gasteiger partial charge on any atom is -0.478 e. The molecule has 0 aliphatic heterocycles. The fourth-order valence-corrected chi connectivity index (χ4v) is 0.837. The number of hydrogen-bond acceptors (Lipinski definition) is 1. The van der Waals surface area contributed by atoms with Gasteiger partial charge in [-0.05, 0) is 12.1 Å². The van der Waals surface area contributed by atoms with Crippen molar-refractivity contribution in [2.45, 2.75) is 0 Å². The summed E-state index contributed by atoms with van der Waals surface area (Å²) in [6.45, 7) is 0. The Labute approximate surface area is 76.8 Å². The van der Waals surface area contributed by atoms with Gasteiger partial charge in [0, 0.05) is 0 Å². The summed E-state index contributed by atoms with van der Waals surface area (Å²) in [5.74, 6) is -0.918. The molecule has 0 bridgehead atoms. The summed E-state index contributed by atoms with van der Waals surface area (Å²) in [6, 6.07) is 15.6. The SMILES string of the molecule is O=C(O)c1ccccccccc1. The van der Waals surface area contributed by atoms with Crippen LogP contribution in [0.15, 0.2) is 54.6 Å². The van der Waals surface area contributed by atoms with Crippen LogP contribution in [0.5, 0.6) is 0 Å². The number of carboxylic acid groups (broad SMARTS) is 1. The van der Waals surface area contributed by atoms with Crippen LogP contribution in [-0.2, 0) is 0 Å². The van der Waals surface area contributed by atoms with Crippen molar-refractivity contribution in [3.63, 3.8) is 0 Å². The van der Waals surface area contributed by atoms with Gasteiger partial charge in [0.1, 0.15) is 0 Å². The lowest BCUT2D eigenvalue weighted by Gasteiger charge is -1.86. The molecule has 0 saturated heterocycles. The van der Waals surface area contributed by atoms with Gasteiger partial charge in [0.15, 0.2) is 0 Å². The van der Waals surface area contributed by atoms with E-state index in [0.29, 0.717) is 0 Å². The second kappa shape index (κ2) is 4.93. The molecule has 0 aliphatic carbocycles. The van der Waals surface area contributed by atoms with Crippen LogP contribution in [0.4, 0.5) is 0 Å². The van der Waals surface area contributed by atoms with Gasteiger partial charge >= 0.3 is 5.97 Å². The molecule has 0 atom stereocenters. The zero-order valence-electron chi connectivity index (χ0n) is 7.05. The van der Waals surface area contributed by atoms with Gasteiger partial charge in [0.25, 0.3) is 0 Å². The van der Waals surface area contributed by atoms with Crippen molar-refractivity contribution in [1.82, 2.24) is 0 Å². The molecule has 0 amide bonds. The van der Waals surface area contributed by atoms with Gasteiger partial charge in [-0.25, -0.2) is 4.79 Å². The molecule has 0 fully saturated rings. The first kappa shape index (κ1) is 9.26. The molecule has 1 aromatic rings. The van der Waals surface area contributed by atoms with Crippen LogP contribution in [0.2, 0.25) is 0 Å². The number of carboxylic acids is 1. The summed E-state index contributed by atoms with van der Waals surface area (Å²) in [6.07, 6.45) is 0. The minimum atomic E-state index is -0.918. The van der Waals surface area contributed by atoms with Gasteiger partial charge in [-0.2, -0.15) is 0 Å². The van der Waals surface area contributed by atoms with Crippen LogP contribution in [0.1, 0.15) is 10.4 Å². The smallest absolute Gasteiger partial charge is 0.335 e. The van der Waals surface area contributed by atoms with E-state index in [4.69, 9.17) is 5.11 Å². The van der Waals surface area contributed by atoms with Gasteiger partial charge in [-0.1, -0.05) is 42.5 Å². The first-order valence-electron chi connectivity index (χ1n) is 3.92. The van der Waals surface area contributed by atoms with Crippen LogP contribution in [0.25, 0.3) is 0 Å². The molecular formula is C11H10O2. The van der Waals surface area contributed by atoms with Crippen molar-refractivity contribution in [2.24, 2.45) is 0 Å². The standard InChI is InChI=1S/C11H10O2/c12-11(13)10-8-6-4-2-1-3-5-7-9-10/h1-9H,(H,12,13). The van der Waals surface area contributed by atoms with Crippen molar-refractivity contribution < 1.29 is 9.90 Å². The molecule has 0 saturated carbocycles. The van der Waals surface area contributed by atoms with Gasteiger partial charge in [0.2, 0.25) is 0 Å². The zero-order valence-corrected chi connectivity index (χ0v) is 7.05. The third-order valence-corrected chi connectivity index (χ3v) is 1.47. The molecule has 66 valence electrons. The first-order chi connectivity index (χ1) is 6.30. The van der Waals surface area contributed by atoms with Crippen molar-refractivity contribution >= 4 is 5.97 Å². The molecule has 0 unspecified atom stereocenters. The fraction of sp³-hybridized carbons (Fsp3) is 0. The Hall–Kier alpha value is -1.83. The van der Waals surface area contributed by atoms with Crippen molar-refractivity contribution in [1.29, 1.82) is 0 Å². The van der Waals surface area contributed by atoms with Crippen LogP contribution in [0, 0.1) is 0 Å². The van der Waals surface area contributed by atoms with Gasteiger partial charge in [-0.15, -0.1) is 0 Å². The average molecular weight is 174 g/mol. The Bertz CT molecular complexity index is 319. The molecule has 0 aliphatic rings. The second-order valence-corrected chi connectivity index (χ2v) is 2.44. The summed E-state index contributed by atoms with van der Waals surface area (Å²) < 4.78 is 0. The molecule has 2 heteroatoms. The monoisotopic (exact) mass is 174 g/mol. The maximum atomic E-state index is 10.6. The topological polar surface area (TPSA) is 37.3 Å². The van der Waals surface area contributed by atoms with Gasteiger partial charge < -0.3 is 5.11 Å². The van der Waals surface area contributed by atoms with E-state index in [2.05, 4.69) is 0 Å². The summed E-state index contributed by atoms with van der Waals surface area (Å²) in [5, 5.41) is 8.72. The lowest BCUT2D eigenvalue weighted by molar-refractivity contribution is 0.0697. The van der Waals surface area contributed by atoms with E-state index in [1.165, 1.54) is 0 Å². The van der Waals surface area contributed by atoms with Crippen LogP contribution in [-0.4, -0.2) is 11.1 Å². The maximum absolute atomic E-state index is 10.6. The highest BCUT2D eigenvalue weighted by Gasteiger charge is 1.95. The van der Waals surface area contributed by atoms with Crippen LogP contribution >= 0.6 is 0 Å². The second-order valence-electron chi connectivity index (χ2n) is 2.44. The summed E-state index contributed by atoms with van der Waals surface area (Å²) in [5.41, 5.74) is 0.274. The Balaban J connectivity index is 3.19. The lowest BCUT2D eigenvalue weighted by Crippen LogP contribution is -1.92. The number of aromatic carboxylic acids is 1. The Morgan fingerprint density at radius 2 is 1.23 bits per heavy atom. The fourth-order valence-electron chi connectivity index (χ4n) is 0.837. The Morgan fingerprint density at radius 3 is 1.62 bits per heavy atom. The average Bonchev–Trinajstić information content (AvgIpc) is 2.14. The molecule has 1 rings (SSSR count). The zero-order chi connectivity index (χ0) is 9.52. The third kappa shape index (κ3) is 3.38. The van der Waals surface area contributed by atoms with E-state index in [-0.39, 0.29) is 5.56 Å². The first-order valence-corrected chi connectivity index (χ1v) is 3.92.